The van der Waals surface area contributed by atoms with Gasteiger partial charge in [0.2, 0.25) is 0 Å². The highest BCUT2D eigenvalue weighted by molar-refractivity contribution is 7.11. The Morgan fingerprint density at radius 3 is 2.62 bits per heavy atom. The first kappa shape index (κ1) is 15.9. The molecule has 0 spiro atoms. The summed E-state index contributed by atoms with van der Waals surface area (Å²) in [7, 11) is 0. The van der Waals surface area contributed by atoms with Crippen molar-refractivity contribution in [3.05, 3.63) is 57.8 Å². The third-order valence-electron chi connectivity index (χ3n) is 3.87. The molecule has 3 rings (SSSR count). The van der Waals surface area contributed by atoms with Crippen LogP contribution in [0.3, 0.4) is 0 Å². The first-order valence-electron chi connectivity index (χ1n) is 7.40. The molecule has 0 amide bonds. The number of rotatable bonds is 3. The van der Waals surface area contributed by atoms with E-state index < -0.39 is 12.1 Å². The van der Waals surface area contributed by atoms with Gasteiger partial charge in [0.15, 0.2) is 0 Å². The smallest absolute Gasteiger partial charge is 0.127 e. The van der Waals surface area contributed by atoms with Crippen molar-refractivity contribution in [2.75, 3.05) is 5.01 Å². The van der Waals surface area contributed by atoms with E-state index in [4.69, 9.17) is 5.73 Å². The van der Waals surface area contributed by atoms with E-state index in [0.29, 0.717) is 11.3 Å². The minimum Gasteiger partial charge on any atom is -0.308 e. The normalized spacial score (nSPS) is 20.4. The fraction of sp³-hybridized carbons (Fsp3) is 0.167. The second kappa shape index (κ2) is 6.67. The second-order valence-electron chi connectivity index (χ2n) is 5.40. The molecule has 0 unspecified atom stereocenters. The second-order valence-corrected chi connectivity index (χ2v) is 6.35. The summed E-state index contributed by atoms with van der Waals surface area (Å²) < 4.78 is 0. The number of anilines is 1. The first-order valence-corrected chi connectivity index (χ1v) is 8.28. The SMILES string of the molecule is Cc1ccsc1/C=C(/C#N)C1=NN(c2ccccc2)[C@@H](N)[C@@H]1C#N. The molecular weight excluding hydrogens is 318 g/mol. The summed E-state index contributed by atoms with van der Waals surface area (Å²) in [4.78, 5) is 0.984. The number of benzene rings is 1. The molecule has 0 radical (unpaired) electrons. The lowest BCUT2D eigenvalue weighted by Crippen LogP contribution is -2.40. The standard InChI is InChI=1S/C18H15N5S/c1-12-7-8-24-16(12)9-13(10-19)17-15(11-20)18(21)23(22-17)14-5-3-2-4-6-14/h2-9,15,18H,21H2,1H3/b13-9-/t15-,18-/m1/s1. The van der Waals surface area contributed by atoms with E-state index in [0.717, 1.165) is 16.1 Å². The van der Waals surface area contributed by atoms with Gasteiger partial charge < -0.3 is 5.73 Å². The molecule has 1 aliphatic heterocycles. The van der Waals surface area contributed by atoms with Crippen LogP contribution >= 0.6 is 11.3 Å². The Kier molecular flexibility index (Phi) is 4.43. The number of allylic oxidation sites excluding steroid dienone is 1. The van der Waals surface area contributed by atoms with Crippen LogP contribution in [0.25, 0.3) is 6.08 Å². The van der Waals surface area contributed by atoms with Crippen molar-refractivity contribution in [1.29, 1.82) is 10.5 Å². The van der Waals surface area contributed by atoms with Crippen LogP contribution in [-0.2, 0) is 0 Å². The molecule has 118 valence electrons. The molecule has 2 heterocycles. The Labute approximate surface area is 144 Å². The summed E-state index contributed by atoms with van der Waals surface area (Å²) in [5.41, 5.74) is 8.89. The highest BCUT2D eigenvalue weighted by Crippen LogP contribution is 2.29. The monoisotopic (exact) mass is 333 g/mol. The number of hydrazone groups is 1. The van der Waals surface area contributed by atoms with Gasteiger partial charge in [0.05, 0.1) is 23.0 Å². The van der Waals surface area contributed by atoms with Crippen LogP contribution in [0.1, 0.15) is 10.4 Å². The van der Waals surface area contributed by atoms with Crippen molar-refractivity contribution in [3.63, 3.8) is 0 Å². The van der Waals surface area contributed by atoms with Crippen LogP contribution in [-0.4, -0.2) is 11.9 Å². The molecule has 0 saturated heterocycles. The Morgan fingerprint density at radius 1 is 1.29 bits per heavy atom. The summed E-state index contributed by atoms with van der Waals surface area (Å²) in [6, 6.07) is 15.8. The van der Waals surface area contributed by atoms with Gasteiger partial charge in [-0.2, -0.15) is 15.6 Å². The van der Waals surface area contributed by atoms with Gasteiger partial charge in [-0.25, -0.2) is 5.01 Å². The number of nitrogens with zero attached hydrogens (tertiary/aromatic N) is 4. The van der Waals surface area contributed by atoms with Gasteiger partial charge >= 0.3 is 0 Å². The largest absolute Gasteiger partial charge is 0.308 e. The first-order chi connectivity index (χ1) is 11.7. The maximum Gasteiger partial charge on any atom is 0.127 e. The van der Waals surface area contributed by atoms with Gasteiger partial charge in [-0.3, -0.25) is 0 Å². The summed E-state index contributed by atoms with van der Waals surface area (Å²) in [6.07, 6.45) is 1.17. The highest BCUT2D eigenvalue weighted by atomic mass is 32.1. The molecule has 24 heavy (non-hydrogen) atoms. The fourth-order valence-electron chi connectivity index (χ4n) is 2.54. The maximum absolute atomic E-state index is 9.57. The van der Waals surface area contributed by atoms with Crippen molar-refractivity contribution < 1.29 is 0 Å². The number of nitriles is 2. The van der Waals surface area contributed by atoms with Crippen molar-refractivity contribution in [2.45, 2.75) is 13.1 Å². The third kappa shape index (κ3) is 2.81. The van der Waals surface area contributed by atoms with Gasteiger partial charge in [0.25, 0.3) is 0 Å². The van der Waals surface area contributed by atoms with Gasteiger partial charge in [-0.1, -0.05) is 18.2 Å². The zero-order valence-electron chi connectivity index (χ0n) is 13.0. The van der Waals surface area contributed by atoms with Gasteiger partial charge in [-0.05, 0) is 42.1 Å². The quantitative estimate of drug-likeness (QED) is 0.873. The molecule has 0 fully saturated rings. The molecule has 1 aliphatic rings. The predicted octanol–water partition coefficient (Wildman–Crippen LogP) is 3.26. The molecule has 0 bridgehead atoms. The topological polar surface area (TPSA) is 89.2 Å². The molecule has 5 nitrogen and oxygen atoms in total. The number of para-hydroxylation sites is 1. The lowest BCUT2D eigenvalue weighted by Gasteiger charge is -2.21. The maximum atomic E-state index is 9.57. The van der Waals surface area contributed by atoms with E-state index in [1.165, 1.54) is 0 Å². The van der Waals surface area contributed by atoms with Gasteiger partial charge in [0, 0.05) is 4.88 Å². The highest BCUT2D eigenvalue weighted by Gasteiger charge is 2.37. The number of aryl methyl sites for hydroxylation is 1. The summed E-state index contributed by atoms with van der Waals surface area (Å²) in [6.45, 7) is 1.98. The lowest BCUT2D eigenvalue weighted by molar-refractivity contribution is 0.624. The molecule has 1 aromatic heterocycles. The van der Waals surface area contributed by atoms with Crippen molar-refractivity contribution >= 4 is 28.8 Å². The Morgan fingerprint density at radius 2 is 2.04 bits per heavy atom. The van der Waals surface area contributed by atoms with Gasteiger partial charge in [0.1, 0.15) is 18.2 Å². The third-order valence-corrected chi connectivity index (χ3v) is 4.83. The van der Waals surface area contributed by atoms with Crippen LogP contribution in [0.5, 0.6) is 0 Å². The molecule has 6 heteroatoms. The van der Waals surface area contributed by atoms with Crippen molar-refractivity contribution in [2.24, 2.45) is 16.8 Å². The number of hydrogen-bond donors (Lipinski definition) is 1. The molecule has 1 aromatic carbocycles. The van der Waals surface area contributed by atoms with Crippen LogP contribution in [0.15, 0.2) is 52.5 Å². The molecule has 2 aromatic rings. The Bertz CT molecular complexity index is 882. The Balaban J connectivity index is 2.04. The minimum atomic E-state index is -0.656. The number of hydrogen-bond acceptors (Lipinski definition) is 6. The molecule has 0 aliphatic carbocycles. The Hall–Kier alpha value is -2.93. The zero-order valence-corrected chi connectivity index (χ0v) is 13.9. The van der Waals surface area contributed by atoms with Crippen LogP contribution < -0.4 is 10.7 Å². The van der Waals surface area contributed by atoms with E-state index >= 15 is 0 Å². The predicted molar refractivity (Wildman–Crippen MR) is 96.1 cm³/mol. The summed E-state index contributed by atoms with van der Waals surface area (Å²) in [5, 5.41) is 27.2. The van der Waals surface area contributed by atoms with Crippen LogP contribution in [0, 0.1) is 35.5 Å². The molecular formula is C18H15N5S. The zero-order chi connectivity index (χ0) is 17.1. The van der Waals surface area contributed by atoms with E-state index in [-0.39, 0.29) is 0 Å². The van der Waals surface area contributed by atoms with Crippen molar-refractivity contribution in [1.82, 2.24) is 0 Å². The molecule has 2 N–H and O–H groups in total. The van der Waals surface area contributed by atoms with E-state index in [9.17, 15) is 10.5 Å². The number of thiophene rings is 1. The summed E-state index contributed by atoms with van der Waals surface area (Å²) >= 11 is 1.55. The lowest BCUT2D eigenvalue weighted by atomic mass is 9.96. The average molecular weight is 333 g/mol. The van der Waals surface area contributed by atoms with E-state index in [2.05, 4.69) is 17.2 Å². The number of nitrogens with two attached hydrogens (primary N) is 1. The minimum absolute atomic E-state index is 0.376. The van der Waals surface area contributed by atoms with E-state index in [1.807, 2.05) is 48.7 Å². The molecule has 0 saturated carbocycles. The van der Waals surface area contributed by atoms with E-state index in [1.54, 1.807) is 22.4 Å². The van der Waals surface area contributed by atoms with Crippen molar-refractivity contribution in [3.8, 4) is 12.1 Å². The molecule has 2 atom stereocenters. The fourth-order valence-corrected chi connectivity index (χ4v) is 3.40. The summed E-state index contributed by atoms with van der Waals surface area (Å²) in [5.74, 6) is -0.656. The van der Waals surface area contributed by atoms with Gasteiger partial charge in [-0.15, -0.1) is 11.3 Å². The van der Waals surface area contributed by atoms with Crippen LogP contribution in [0.2, 0.25) is 0 Å². The van der Waals surface area contributed by atoms with Crippen LogP contribution in [0.4, 0.5) is 5.69 Å². The average Bonchev–Trinajstić information content (AvgIpc) is 3.16.